The second-order valence-electron chi connectivity index (χ2n) is 18.7. The highest BCUT2D eigenvalue weighted by Crippen LogP contribution is 2.53. The maximum Gasteiger partial charge on any atom is 0.235 e. The van der Waals surface area contributed by atoms with Crippen LogP contribution in [0.15, 0.2) is 24.3 Å². The number of aliphatic hydroxyl groups is 2. The van der Waals surface area contributed by atoms with Crippen molar-refractivity contribution < 1.29 is 68.4 Å². The summed E-state index contributed by atoms with van der Waals surface area (Å²) >= 11 is 0. The van der Waals surface area contributed by atoms with Crippen molar-refractivity contribution in [3.8, 4) is 35.2 Å². The fraction of sp³-hybridized carbons (Fsp3) is 0.458. The fourth-order valence-electron chi connectivity index (χ4n) is 11.9. The quantitative estimate of drug-likeness (QED) is 0.110. The molecule has 6 aliphatic carbocycles. The van der Waals surface area contributed by atoms with Gasteiger partial charge in [0.2, 0.25) is 11.8 Å². The van der Waals surface area contributed by atoms with Gasteiger partial charge < -0.3 is 31.9 Å². The maximum atomic E-state index is 14.1. The molecular weight excluding hydrogens is 857 g/mol. The van der Waals surface area contributed by atoms with E-state index in [1.54, 1.807) is 0 Å². The van der Waals surface area contributed by atoms with Crippen LogP contribution in [0.25, 0.3) is 0 Å². The lowest BCUT2D eigenvalue weighted by Gasteiger charge is -2.52. The number of likely N-dealkylation sites (N-methyl/N-ethyl adjacent to an activating group) is 2. The van der Waals surface area contributed by atoms with Gasteiger partial charge in [-0.25, -0.2) is 0 Å². The van der Waals surface area contributed by atoms with E-state index in [-0.39, 0.29) is 49.7 Å². The summed E-state index contributed by atoms with van der Waals surface area (Å²) < 4.78 is 0. The first kappa shape index (κ1) is 45.9. The second kappa shape index (κ2) is 16.0. The second-order valence-corrected chi connectivity index (χ2v) is 18.7. The number of hydrogen-bond donors (Lipinski definition) is 6. The zero-order chi connectivity index (χ0) is 48.2. The molecule has 0 spiro atoms. The first-order chi connectivity index (χ1) is 31.0. The molecule has 0 aromatic heterocycles. The number of primary amides is 2. The summed E-state index contributed by atoms with van der Waals surface area (Å²) in [5.74, 6) is -11.4. The Morgan fingerprint density at radius 1 is 0.606 bits per heavy atom. The van der Waals surface area contributed by atoms with E-state index < -0.39 is 140 Å². The Morgan fingerprint density at radius 3 is 1.27 bits per heavy atom. The van der Waals surface area contributed by atoms with Gasteiger partial charge in [0.15, 0.2) is 69.3 Å². The van der Waals surface area contributed by atoms with Crippen LogP contribution in [-0.4, -0.2) is 140 Å². The number of carbonyl (C=O) groups is 10. The summed E-state index contributed by atoms with van der Waals surface area (Å²) in [6.45, 7) is 0. The van der Waals surface area contributed by atoms with Gasteiger partial charge in [0, 0.05) is 35.8 Å². The Labute approximate surface area is 377 Å². The number of Topliss-reactive ketones (excluding diaryl/α,β-unsaturated/α-hetero) is 8. The normalized spacial score (nSPS) is 33.3. The van der Waals surface area contributed by atoms with E-state index in [9.17, 15) is 68.4 Å². The fourth-order valence-corrected chi connectivity index (χ4v) is 11.9. The molecule has 4 saturated carbocycles. The number of aromatic hydroxyl groups is 2. The summed E-state index contributed by atoms with van der Waals surface area (Å²) in [7, 11) is 5.99. The van der Waals surface area contributed by atoms with Gasteiger partial charge in [-0.15, -0.1) is 0 Å². The zero-order valence-corrected chi connectivity index (χ0v) is 36.2. The molecule has 12 atom stereocenters. The van der Waals surface area contributed by atoms with Crippen molar-refractivity contribution in [3.63, 3.8) is 0 Å². The molecule has 0 aliphatic heterocycles. The van der Waals surface area contributed by atoms with E-state index in [0.717, 1.165) is 0 Å². The SMILES string of the molecule is CN(C)[C@H]1C(=O)C(C(N)=O)C(=O)[C@]2(O)C(=O)C3C(=O)c4c(O)ccc(C#CCCC#Cc5ccc(O)c6c5C[C@@H]5C[C@@H]7[C@@H](N(C)C)C(=O)C(C(N)=O)C(=O)[C@]7(O)C(=O)C5C6=O)c4C[C@@H]3C[C@H]12. The Bertz CT molecular complexity index is 2600. The van der Waals surface area contributed by atoms with Crippen LogP contribution < -0.4 is 11.5 Å². The molecular formula is C48H46N4O14. The van der Waals surface area contributed by atoms with Gasteiger partial charge in [0.05, 0.1) is 35.0 Å². The third kappa shape index (κ3) is 6.41. The van der Waals surface area contributed by atoms with Crippen LogP contribution in [0.2, 0.25) is 0 Å². The van der Waals surface area contributed by atoms with Crippen LogP contribution in [-0.2, 0) is 51.2 Å². The Balaban J connectivity index is 1.03. The van der Waals surface area contributed by atoms with Crippen LogP contribution in [0.4, 0.5) is 0 Å². The molecule has 0 heterocycles. The van der Waals surface area contributed by atoms with Crippen LogP contribution in [0.5, 0.6) is 11.5 Å². The van der Waals surface area contributed by atoms with Gasteiger partial charge in [-0.3, -0.25) is 57.7 Å². The number of fused-ring (bicyclic) bond motifs is 6. The van der Waals surface area contributed by atoms with Crippen molar-refractivity contribution in [3.05, 3.63) is 57.6 Å². The first-order valence-corrected chi connectivity index (χ1v) is 21.4. The van der Waals surface area contributed by atoms with E-state index in [1.165, 1.54) is 62.3 Å². The highest BCUT2D eigenvalue weighted by molar-refractivity contribution is 6.33. The zero-order valence-electron chi connectivity index (χ0n) is 36.2. The number of nitrogens with zero attached hydrogens (tertiary/aromatic N) is 2. The molecule has 6 aliphatic rings. The molecule has 18 nitrogen and oxygen atoms in total. The lowest BCUT2D eigenvalue weighted by atomic mass is 9.52. The average molecular weight is 903 g/mol. The van der Waals surface area contributed by atoms with Crippen LogP contribution in [0.1, 0.15) is 68.7 Å². The van der Waals surface area contributed by atoms with E-state index in [2.05, 4.69) is 23.7 Å². The van der Waals surface area contributed by atoms with E-state index in [1.807, 2.05) is 0 Å². The van der Waals surface area contributed by atoms with Crippen molar-refractivity contribution in [1.82, 2.24) is 9.80 Å². The molecule has 66 heavy (non-hydrogen) atoms. The topological polar surface area (TPSA) is 310 Å². The van der Waals surface area contributed by atoms with E-state index >= 15 is 0 Å². The number of ketones is 8. The van der Waals surface area contributed by atoms with Crippen molar-refractivity contribution >= 4 is 58.1 Å². The standard InChI is InChI=1S/C48H46N4O14/c1-51(2)35-25-17-21-15-23-19(11-13-27(53)31(23)37(55)29(21)41(59)47(25,65)43(61)33(39(35)57)45(49)63)9-7-5-6-8-10-20-12-14-28(54)32-24(20)16-22-18-26-36(52(3)4)40(58)34(46(50)64)44(62)48(26,66)42(60)30(22)38(32)56/h11-14,21-22,25-26,29-30,33-36,53-54,65-66H,5-6,15-18H2,1-4H3,(H2,49,63)(H2,50,64)/t21-,22-,25-,26-,29?,30?,33?,34?,35-,36-,47-,48-/m1/s1. The van der Waals surface area contributed by atoms with Gasteiger partial charge >= 0.3 is 0 Å². The number of amides is 2. The molecule has 0 radical (unpaired) electrons. The highest BCUT2D eigenvalue weighted by Gasteiger charge is 2.71. The van der Waals surface area contributed by atoms with Gasteiger partial charge in [-0.1, -0.05) is 23.7 Å². The lowest BCUT2D eigenvalue weighted by Crippen LogP contribution is -2.74. The number of carbonyl (C=O) groups excluding carboxylic acids is 10. The van der Waals surface area contributed by atoms with Crippen LogP contribution >= 0.6 is 0 Å². The summed E-state index contributed by atoms with van der Waals surface area (Å²) in [5.41, 5.74) is 6.10. The lowest BCUT2D eigenvalue weighted by molar-refractivity contribution is -0.183. The molecule has 8 rings (SSSR count). The molecule has 0 bridgehead atoms. The smallest absolute Gasteiger partial charge is 0.235 e. The predicted octanol–water partition coefficient (Wildman–Crippen LogP) is -1.77. The number of benzene rings is 2. The number of phenolic OH excluding ortho intramolecular Hbond substituents is 2. The minimum Gasteiger partial charge on any atom is -0.507 e. The number of phenols is 2. The number of nitrogens with two attached hydrogens (primary N) is 2. The molecule has 2 amide bonds. The number of unbranched alkanes of at least 4 members (excludes halogenated alkanes) is 1. The van der Waals surface area contributed by atoms with Crippen molar-refractivity contribution in [2.75, 3.05) is 28.2 Å². The molecule has 18 heteroatoms. The maximum absolute atomic E-state index is 14.1. The number of rotatable bonds is 5. The largest absolute Gasteiger partial charge is 0.507 e. The van der Waals surface area contributed by atoms with E-state index in [4.69, 9.17) is 11.5 Å². The average Bonchev–Trinajstić information content (AvgIpc) is 3.22. The molecule has 8 N–H and O–H groups in total. The van der Waals surface area contributed by atoms with E-state index in [0.29, 0.717) is 22.3 Å². The molecule has 4 unspecified atom stereocenters. The van der Waals surface area contributed by atoms with Crippen LogP contribution in [0.3, 0.4) is 0 Å². The Hall–Kier alpha value is -6.70. The van der Waals surface area contributed by atoms with Gasteiger partial charge in [0.25, 0.3) is 0 Å². The highest BCUT2D eigenvalue weighted by atomic mass is 16.3. The summed E-state index contributed by atoms with van der Waals surface area (Å²) in [5, 5.41) is 45.4. The molecule has 2 aromatic carbocycles. The third-order valence-corrected chi connectivity index (χ3v) is 14.7. The van der Waals surface area contributed by atoms with Crippen molar-refractivity contribution in [1.29, 1.82) is 0 Å². The summed E-state index contributed by atoms with van der Waals surface area (Å²) in [4.78, 5) is 138. The minimum absolute atomic E-state index is 0.0263. The molecule has 2 aromatic rings. The monoisotopic (exact) mass is 902 g/mol. The van der Waals surface area contributed by atoms with Crippen LogP contribution in [0, 0.1) is 71.0 Å². The Kier molecular flexibility index (Phi) is 11.1. The minimum atomic E-state index is -2.85. The summed E-state index contributed by atoms with van der Waals surface area (Å²) in [6.07, 6.45) is 0.178. The van der Waals surface area contributed by atoms with Gasteiger partial charge in [-0.2, -0.15) is 0 Å². The Morgan fingerprint density at radius 2 is 0.955 bits per heavy atom. The van der Waals surface area contributed by atoms with Gasteiger partial charge in [-0.05, 0) is 101 Å². The molecule has 342 valence electrons. The third-order valence-electron chi connectivity index (χ3n) is 14.7. The number of hydrogen-bond acceptors (Lipinski definition) is 16. The summed E-state index contributed by atoms with van der Waals surface area (Å²) in [6, 6.07) is 3.01. The predicted molar refractivity (Wildman–Crippen MR) is 226 cm³/mol. The van der Waals surface area contributed by atoms with Gasteiger partial charge in [0.1, 0.15) is 11.5 Å². The molecule has 0 saturated heterocycles. The van der Waals surface area contributed by atoms with Crippen molar-refractivity contribution in [2.24, 2.45) is 58.8 Å². The van der Waals surface area contributed by atoms with Crippen molar-refractivity contribution in [2.45, 2.75) is 61.8 Å². The molecule has 4 fully saturated rings. The first-order valence-electron chi connectivity index (χ1n) is 21.4.